The molecular formula is C28H32NO4PS. The van der Waals surface area contributed by atoms with Gasteiger partial charge in [0.1, 0.15) is 0 Å². The Morgan fingerprint density at radius 1 is 0.971 bits per heavy atom. The summed E-state index contributed by atoms with van der Waals surface area (Å²) in [6.07, 6.45) is 4.57. The molecule has 1 saturated heterocycles. The van der Waals surface area contributed by atoms with E-state index in [0.29, 0.717) is 17.0 Å². The van der Waals surface area contributed by atoms with E-state index in [9.17, 15) is 13.5 Å². The number of benzene rings is 3. The highest BCUT2D eigenvalue weighted by Gasteiger charge is 2.59. The van der Waals surface area contributed by atoms with Gasteiger partial charge < -0.3 is 9.67 Å². The Balaban J connectivity index is 1.94. The van der Waals surface area contributed by atoms with Gasteiger partial charge in [-0.15, -0.1) is 0 Å². The maximum absolute atomic E-state index is 15.5. The number of rotatable bonds is 8. The maximum Gasteiger partial charge on any atom is 0.243 e. The molecule has 7 heteroatoms. The Bertz CT molecular complexity index is 1280. The van der Waals surface area contributed by atoms with Crippen molar-refractivity contribution in [2.24, 2.45) is 5.92 Å². The lowest BCUT2D eigenvalue weighted by molar-refractivity contribution is 0.222. The van der Waals surface area contributed by atoms with Crippen LogP contribution >= 0.6 is 7.14 Å². The smallest absolute Gasteiger partial charge is 0.243 e. The third kappa shape index (κ3) is 4.45. The SMILES string of the molecule is CC/C=C/[C@]1(P(=O)(c2ccccc2)c2ccccc2)CN(S(=O)(=O)c2ccc(C)cc2)C[C@@H]1CO. The fourth-order valence-electron chi connectivity index (χ4n) is 5.02. The molecule has 0 saturated carbocycles. The first kappa shape index (κ1) is 25.6. The molecule has 35 heavy (non-hydrogen) atoms. The second-order valence-electron chi connectivity index (χ2n) is 9.07. The van der Waals surface area contributed by atoms with Gasteiger partial charge in [0.2, 0.25) is 10.0 Å². The van der Waals surface area contributed by atoms with Crippen LogP contribution in [0.25, 0.3) is 0 Å². The molecule has 1 N–H and O–H groups in total. The van der Waals surface area contributed by atoms with E-state index in [-0.39, 0.29) is 24.6 Å². The van der Waals surface area contributed by atoms with E-state index in [1.807, 2.05) is 86.7 Å². The number of aliphatic hydroxyl groups is 1. The Hall–Kier alpha value is -2.50. The minimum Gasteiger partial charge on any atom is -0.396 e. The van der Waals surface area contributed by atoms with Crippen molar-refractivity contribution in [3.8, 4) is 0 Å². The van der Waals surface area contributed by atoms with Crippen molar-refractivity contribution in [1.29, 1.82) is 0 Å². The number of sulfonamides is 1. The number of hydrogen-bond acceptors (Lipinski definition) is 4. The summed E-state index contributed by atoms with van der Waals surface area (Å²) in [4.78, 5) is 0.198. The zero-order valence-corrected chi connectivity index (χ0v) is 21.8. The Labute approximate surface area is 208 Å². The molecule has 1 aliphatic heterocycles. The molecule has 0 unspecified atom stereocenters. The fourth-order valence-corrected chi connectivity index (χ4v) is 10.5. The molecule has 0 aliphatic carbocycles. The molecule has 184 valence electrons. The van der Waals surface area contributed by atoms with Crippen LogP contribution in [-0.2, 0) is 14.6 Å². The molecule has 1 fully saturated rings. The fraction of sp³-hybridized carbons (Fsp3) is 0.286. The van der Waals surface area contributed by atoms with Gasteiger partial charge in [0.15, 0.2) is 7.14 Å². The summed E-state index contributed by atoms with van der Waals surface area (Å²) in [5, 5.41) is 10.8. The summed E-state index contributed by atoms with van der Waals surface area (Å²) in [6, 6.07) is 25.3. The molecule has 1 aliphatic rings. The summed E-state index contributed by atoms with van der Waals surface area (Å²) in [5.74, 6) is -0.545. The summed E-state index contributed by atoms with van der Waals surface area (Å²) < 4.78 is 44.3. The van der Waals surface area contributed by atoms with E-state index in [0.717, 1.165) is 5.56 Å². The van der Waals surface area contributed by atoms with Crippen molar-refractivity contribution in [1.82, 2.24) is 4.31 Å². The summed E-state index contributed by atoms with van der Waals surface area (Å²) in [7, 11) is -7.32. The third-order valence-electron chi connectivity index (χ3n) is 6.91. The van der Waals surface area contributed by atoms with Gasteiger partial charge in [-0.25, -0.2) is 8.42 Å². The predicted octanol–water partition coefficient (Wildman–Crippen LogP) is 4.33. The van der Waals surface area contributed by atoms with Crippen LogP contribution in [0.1, 0.15) is 18.9 Å². The van der Waals surface area contributed by atoms with Gasteiger partial charge in [-0.3, -0.25) is 0 Å². The van der Waals surface area contributed by atoms with Crippen molar-refractivity contribution in [2.75, 3.05) is 19.7 Å². The minimum atomic E-state index is -3.85. The van der Waals surface area contributed by atoms with Crippen molar-refractivity contribution >= 4 is 27.8 Å². The number of nitrogens with zero attached hydrogens (tertiary/aromatic N) is 1. The highest BCUT2D eigenvalue weighted by molar-refractivity contribution is 7.89. The average molecular weight is 510 g/mol. The average Bonchev–Trinajstić information content (AvgIpc) is 3.29. The van der Waals surface area contributed by atoms with Gasteiger partial charge in [-0.1, -0.05) is 97.4 Å². The van der Waals surface area contributed by atoms with Crippen LogP contribution in [0.3, 0.4) is 0 Å². The first-order valence-corrected chi connectivity index (χ1v) is 15.0. The molecular weight excluding hydrogens is 477 g/mol. The second kappa shape index (κ2) is 10.2. The van der Waals surface area contributed by atoms with Crippen molar-refractivity contribution in [3.63, 3.8) is 0 Å². The molecule has 5 nitrogen and oxygen atoms in total. The topological polar surface area (TPSA) is 74.7 Å². The van der Waals surface area contributed by atoms with Gasteiger partial charge in [-0.2, -0.15) is 4.31 Å². The van der Waals surface area contributed by atoms with Crippen LogP contribution in [0.5, 0.6) is 0 Å². The molecule has 3 aromatic carbocycles. The number of aryl methyl sites for hydroxylation is 1. The van der Waals surface area contributed by atoms with E-state index in [1.165, 1.54) is 4.31 Å². The molecule has 0 amide bonds. The van der Waals surface area contributed by atoms with Crippen molar-refractivity contribution < 1.29 is 18.1 Å². The van der Waals surface area contributed by atoms with E-state index in [1.54, 1.807) is 24.3 Å². The van der Waals surface area contributed by atoms with Crippen LogP contribution in [0.2, 0.25) is 0 Å². The molecule has 0 bridgehead atoms. The van der Waals surface area contributed by atoms with Crippen LogP contribution in [0.15, 0.2) is 102 Å². The summed E-state index contributed by atoms with van der Waals surface area (Å²) >= 11 is 0. The molecule has 2 atom stereocenters. The van der Waals surface area contributed by atoms with E-state index in [2.05, 4.69) is 0 Å². The zero-order chi connectivity index (χ0) is 25.1. The Kier molecular flexibility index (Phi) is 7.48. The Morgan fingerprint density at radius 2 is 1.51 bits per heavy atom. The summed E-state index contributed by atoms with van der Waals surface area (Å²) in [6.45, 7) is 3.72. The minimum absolute atomic E-state index is 0.0198. The van der Waals surface area contributed by atoms with Crippen LogP contribution in [0.4, 0.5) is 0 Å². The van der Waals surface area contributed by atoms with Gasteiger partial charge in [0, 0.05) is 36.2 Å². The predicted molar refractivity (Wildman–Crippen MR) is 142 cm³/mol. The normalized spacial score (nSPS) is 21.5. The van der Waals surface area contributed by atoms with Crippen LogP contribution in [-0.4, -0.2) is 42.7 Å². The molecule has 3 aromatic rings. The van der Waals surface area contributed by atoms with Crippen molar-refractivity contribution in [3.05, 3.63) is 103 Å². The quantitative estimate of drug-likeness (QED) is 0.362. The van der Waals surface area contributed by atoms with E-state index in [4.69, 9.17) is 0 Å². The standard InChI is InChI=1S/C28H32NO4PS/c1-3-4-19-28(34(31,25-11-7-5-8-12-25)26-13-9-6-10-14-26)22-29(20-24(28)21-30)35(32,33)27-17-15-23(2)16-18-27/h4-19,24,30H,3,20-22H2,1-2H3/b19-4+/t24-,28+/m1/s1. The van der Waals surface area contributed by atoms with Crippen LogP contribution < -0.4 is 10.6 Å². The number of allylic oxidation sites excluding steroid dienone is 1. The zero-order valence-electron chi connectivity index (χ0n) is 20.1. The lowest BCUT2D eigenvalue weighted by atomic mass is 9.95. The largest absolute Gasteiger partial charge is 0.396 e. The number of aliphatic hydroxyl groups excluding tert-OH is 1. The molecule has 0 aromatic heterocycles. The Morgan fingerprint density at radius 3 is 2.00 bits per heavy atom. The van der Waals surface area contributed by atoms with E-state index >= 15 is 4.57 Å². The van der Waals surface area contributed by atoms with Gasteiger partial charge in [0.05, 0.1) is 10.1 Å². The lowest BCUT2D eigenvalue weighted by Gasteiger charge is -2.40. The highest BCUT2D eigenvalue weighted by Crippen LogP contribution is 2.63. The molecule has 0 spiro atoms. The van der Waals surface area contributed by atoms with Crippen molar-refractivity contribution in [2.45, 2.75) is 30.3 Å². The lowest BCUT2D eigenvalue weighted by Crippen LogP contribution is -2.44. The van der Waals surface area contributed by atoms with Crippen LogP contribution in [0, 0.1) is 12.8 Å². The summed E-state index contributed by atoms with van der Waals surface area (Å²) in [5.41, 5.74) is 0.969. The van der Waals surface area contributed by atoms with Gasteiger partial charge in [0.25, 0.3) is 0 Å². The van der Waals surface area contributed by atoms with E-state index < -0.39 is 28.2 Å². The molecule has 4 rings (SSSR count). The first-order valence-electron chi connectivity index (χ1n) is 11.9. The monoisotopic (exact) mass is 509 g/mol. The number of hydrogen-bond donors (Lipinski definition) is 1. The molecule has 0 radical (unpaired) electrons. The maximum atomic E-state index is 15.5. The van der Waals surface area contributed by atoms with Gasteiger partial charge >= 0.3 is 0 Å². The van der Waals surface area contributed by atoms with Gasteiger partial charge in [-0.05, 0) is 25.5 Å². The second-order valence-corrected chi connectivity index (χ2v) is 14.1. The third-order valence-corrected chi connectivity index (χ3v) is 12.6. The first-order chi connectivity index (χ1) is 16.8. The molecule has 1 heterocycles. The highest BCUT2D eigenvalue weighted by atomic mass is 32.2.